The van der Waals surface area contributed by atoms with Gasteiger partial charge < -0.3 is 15.1 Å². The van der Waals surface area contributed by atoms with Crippen LogP contribution >= 0.6 is 0 Å². The molecule has 0 aliphatic carbocycles. The average molecular weight is 289 g/mol. The molecule has 0 bridgehead atoms. The second-order valence-corrected chi connectivity index (χ2v) is 5.02. The number of hydrogen-bond acceptors (Lipinski definition) is 3. The summed E-state index contributed by atoms with van der Waals surface area (Å²) in [6.45, 7) is 2.42. The third-order valence-corrected chi connectivity index (χ3v) is 3.38. The maximum absolute atomic E-state index is 14.3. The number of halogens is 1. The number of hydrogen-bond donors (Lipinski definition) is 2. The maximum Gasteiger partial charge on any atom is 0.146 e. The molecule has 0 amide bonds. The molecule has 2 aromatic rings. The van der Waals surface area contributed by atoms with Gasteiger partial charge in [0.05, 0.1) is 18.4 Å². The van der Waals surface area contributed by atoms with Gasteiger partial charge in [-0.05, 0) is 30.2 Å². The molecular formula is C17H20FNO2. The van der Waals surface area contributed by atoms with Crippen molar-refractivity contribution in [3.05, 3.63) is 65.5 Å². The Morgan fingerprint density at radius 3 is 2.43 bits per heavy atom. The summed E-state index contributed by atoms with van der Waals surface area (Å²) in [6.07, 6.45) is -0.700. The minimum atomic E-state index is -0.700. The Labute approximate surface area is 124 Å². The van der Waals surface area contributed by atoms with Gasteiger partial charge in [-0.2, -0.15) is 0 Å². The van der Waals surface area contributed by atoms with Crippen LogP contribution in [0.2, 0.25) is 0 Å². The van der Waals surface area contributed by atoms with E-state index in [4.69, 9.17) is 0 Å². The molecule has 1 unspecified atom stereocenters. The van der Waals surface area contributed by atoms with Gasteiger partial charge in [-0.1, -0.05) is 36.4 Å². The van der Waals surface area contributed by atoms with Crippen LogP contribution in [0, 0.1) is 5.82 Å². The highest BCUT2D eigenvalue weighted by molar-refractivity contribution is 5.50. The van der Waals surface area contributed by atoms with Gasteiger partial charge in [0.25, 0.3) is 0 Å². The topological polar surface area (TPSA) is 43.7 Å². The fraction of sp³-hybridized carbons (Fsp3) is 0.294. The van der Waals surface area contributed by atoms with E-state index in [0.29, 0.717) is 24.3 Å². The summed E-state index contributed by atoms with van der Waals surface area (Å²) in [5, 5.41) is 18.7. The summed E-state index contributed by atoms with van der Waals surface area (Å²) in [6, 6.07) is 14.4. The summed E-state index contributed by atoms with van der Waals surface area (Å²) in [4.78, 5) is 1.79. The molecule has 0 saturated heterocycles. The van der Waals surface area contributed by atoms with Crippen LogP contribution in [-0.2, 0) is 6.54 Å². The molecule has 1 atom stereocenters. The lowest BCUT2D eigenvalue weighted by atomic mass is 10.1. The predicted molar refractivity (Wildman–Crippen MR) is 81.6 cm³/mol. The lowest BCUT2D eigenvalue weighted by Crippen LogP contribution is -2.27. The molecule has 2 N–H and O–H groups in total. The van der Waals surface area contributed by atoms with Crippen molar-refractivity contribution in [3.63, 3.8) is 0 Å². The molecule has 2 rings (SSSR count). The molecule has 0 fully saturated rings. The minimum Gasteiger partial charge on any atom is -0.395 e. The van der Waals surface area contributed by atoms with Crippen molar-refractivity contribution in [2.24, 2.45) is 0 Å². The predicted octanol–water partition coefficient (Wildman–Crippen LogP) is 2.88. The summed E-state index contributed by atoms with van der Waals surface area (Å²) in [5.74, 6) is -0.391. The van der Waals surface area contributed by atoms with Crippen molar-refractivity contribution in [1.82, 2.24) is 0 Å². The molecule has 0 saturated carbocycles. The lowest BCUT2D eigenvalue weighted by Gasteiger charge is -2.25. The number of rotatable bonds is 6. The van der Waals surface area contributed by atoms with Crippen molar-refractivity contribution in [3.8, 4) is 0 Å². The molecule has 0 heterocycles. The Morgan fingerprint density at radius 1 is 1.14 bits per heavy atom. The van der Waals surface area contributed by atoms with Crippen LogP contribution < -0.4 is 4.90 Å². The molecule has 112 valence electrons. The number of aliphatic hydroxyl groups excluding tert-OH is 2. The van der Waals surface area contributed by atoms with Gasteiger partial charge in [-0.15, -0.1) is 0 Å². The zero-order chi connectivity index (χ0) is 15.2. The SMILES string of the molecule is CC(O)c1ccc(N(CCO)Cc2ccccc2)c(F)c1. The van der Waals surface area contributed by atoms with E-state index in [1.165, 1.54) is 6.07 Å². The van der Waals surface area contributed by atoms with Gasteiger partial charge in [0.2, 0.25) is 0 Å². The Hall–Kier alpha value is -1.91. The first-order valence-electron chi connectivity index (χ1n) is 6.99. The number of benzene rings is 2. The van der Waals surface area contributed by atoms with E-state index >= 15 is 0 Å². The first-order chi connectivity index (χ1) is 10.1. The van der Waals surface area contributed by atoms with E-state index in [0.717, 1.165) is 5.56 Å². The van der Waals surface area contributed by atoms with Crippen molar-refractivity contribution in [2.75, 3.05) is 18.1 Å². The van der Waals surface area contributed by atoms with Crippen LogP contribution in [0.25, 0.3) is 0 Å². The number of anilines is 1. The van der Waals surface area contributed by atoms with Gasteiger partial charge >= 0.3 is 0 Å². The zero-order valence-electron chi connectivity index (χ0n) is 12.0. The molecule has 0 aliphatic heterocycles. The first-order valence-corrected chi connectivity index (χ1v) is 6.99. The maximum atomic E-state index is 14.3. The van der Waals surface area contributed by atoms with E-state index in [1.807, 2.05) is 30.3 Å². The molecule has 0 aromatic heterocycles. The van der Waals surface area contributed by atoms with Crippen LogP contribution in [0.5, 0.6) is 0 Å². The standard InChI is InChI=1S/C17H20FNO2/c1-13(21)15-7-8-17(16(18)11-15)19(9-10-20)12-14-5-3-2-4-6-14/h2-8,11,13,20-21H,9-10,12H2,1H3. The Morgan fingerprint density at radius 2 is 1.86 bits per heavy atom. The zero-order valence-corrected chi connectivity index (χ0v) is 12.0. The molecule has 2 aromatic carbocycles. The average Bonchev–Trinajstić information content (AvgIpc) is 2.48. The second kappa shape index (κ2) is 7.20. The number of aliphatic hydroxyl groups is 2. The third kappa shape index (κ3) is 4.03. The smallest absolute Gasteiger partial charge is 0.146 e. The third-order valence-electron chi connectivity index (χ3n) is 3.38. The molecule has 3 nitrogen and oxygen atoms in total. The summed E-state index contributed by atoms with van der Waals surface area (Å²) >= 11 is 0. The summed E-state index contributed by atoms with van der Waals surface area (Å²) < 4.78 is 14.3. The van der Waals surface area contributed by atoms with Crippen LogP contribution in [0.3, 0.4) is 0 Å². The highest BCUT2D eigenvalue weighted by Gasteiger charge is 2.13. The van der Waals surface area contributed by atoms with Gasteiger partial charge in [0.15, 0.2) is 0 Å². The fourth-order valence-electron chi connectivity index (χ4n) is 2.25. The molecular weight excluding hydrogens is 269 g/mol. The molecule has 0 aliphatic rings. The second-order valence-electron chi connectivity index (χ2n) is 5.02. The Kier molecular flexibility index (Phi) is 5.31. The van der Waals surface area contributed by atoms with Gasteiger partial charge in [-0.3, -0.25) is 0 Å². The Balaban J connectivity index is 2.25. The Bertz CT molecular complexity index is 572. The molecule has 4 heteroatoms. The highest BCUT2D eigenvalue weighted by Crippen LogP contribution is 2.24. The van der Waals surface area contributed by atoms with Crippen molar-refractivity contribution in [2.45, 2.75) is 19.6 Å². The van der Waals surface area contributed by atoms with E-state index in [9.17, 15) is 14.6 Å². The van der Waals surface area contributed by atoms with Gasteiger partial charge in [-0.25, -0.2) is 4.39 Å². The molecule has 0 spiro atoms. The monoisotopic (exact) mass is 289 g/mol. The molecule has 21 heavy (non-hydrogen) atoms. The highest BCUT2D eigenvalue weighted by atomic mass is 19.1. The van der Waals surface area contributed by atoms with Crippen LogP contribution in [0.1, 0.15) is 24.2 Å². The van der Waals surface area contributed by atoms with E-state index in [-0.39, 0.29) is 6.61 Å². The van der Waals surface area contributed by atoms with Gasteiger partial charge in [0.1, 0.15) is 5.82 Å². The van der Waals surface area contributed by atoms with E-state index in [2.05, 4.69) is 0 Å². The normalized spacial score (nSPS) is 12.2. The van der Waals surface area contributed by atoms with Crippen molar-refractivity contribution >= 4 is 5.69 Å². The van der Waals surface area contributed by atoms with Crippen molar-refractivity contribution < 1.29 is 14.6 Å². The van der Waals surface area contributed by atoms with Crippen LogP contribution in [-0.4, -0.2) is 23.4 Å². The van der Waals surface area contributed by atoms with Crippen LogP contribution in [0.15, 0.2) is 48.5 Å². The van der Waals surface area contributed by atoms with E-state index < -0.39 is 11.9 Å². The summed E-state index contributed by atoms with van der Waals surface area (Å²) in [7, 11) is 0. The first kappa shape index (κ1) is 15.5. The largest absolute Gasteiger partial charge is 0.395 e. The van der Waals surface area contributed by atoms with Crippen LogP contribution in [0.4, 0.5) is 10.1 Å². The molecule has 0 radical (unpaired) electrons. The minimum absolute atomic E-state index is 0.0512. The lowest BCUT2D eigenvalue weighted by molar-refractivity contribution is 0.199. The quantitative estimate of drug-likeness (QED) is 0.859. The van der Waals surface area contributed by atoms with E-state index in [1.54, 1.807) is 24.0 Å². The summed E-state index contributed by atoms with van der Waals surface area (Å²) in [5.41, 5.74) is 2.02. The van der Waals surface area contributed by atoms with Gasteiger partial charge in [0, 0.05) is 13.1 Å². The fourth-order valence-corrected chi connectivity index (χ4v) is 2.25. The number of nitrogens with zero attached hydrogens (tertiary/aromatic N) is 1. The van der Waals surface area contributed by atoms with Crippen molar-refractivity contribution in [1.29, 1.82) is 0 Å².